The highest BCUT2D eigenvalue weighted by Gasteiger charge is 2.17. The van der Waals surface area contributed by atoms with Crippen molar-refractivity contribution in [1.29, 1.82) is 0 Å². The van der Waals surface area contributed by atoms with Gasteiger partial charge in [0.15, 0.2) is 0 Å². The molecule has 2 rings (SSSR count). The number of nitrogens with one attached hydrogen (secondary N) is 1. The SMILES string of the molecule is CCNC(Cc1nccn1CC)c1cc(F)ccc1Br. The molecule has 0 bridgehead atoms. The van der Waals surface area contributed by atoms with Gasteiger partial charge < -0.3 is 9.88 Å². The zero-order valence-corrected chi connectivity index (χ0v) is 13.3. The molecule has 2 aromatic rings. The van der Waals surface area contributed by atoms with E-state index in [0.717, 1.165) is 35.4 Å². The van der Waals surface area contributed by atoms with Crippen LogP contribution in [0.1, 0.15) is 31.3 Å². The first-order chi connectivity index (χ1) is 9.65. The Bertz CT molecular complexity index is 568. The molecule has 0 aliphatic rings. The van der Waals surface area contributed by atoms with Crippen LogP contribution in [0, 0.1) is 5.82 Å². The Morgan fingerprint density at radius 3 is 2.90 bits per heavy atom. The van der Waals surface area contributed by atoms with Crippen molar-refractivity contribution in [3.05, 3.63) is 52.3 Å². The Hall–Kier alpha value is -1.20. The normalized spacial score (nSPS) is 12.6. The van der Waals surface area contributed by atoms with E-state index in [1.165, 1.54) is 6.07 Å². The van der Waals surface area contributed by atoms with Crippen LogP contribution < -0.4 is 5.32 Å². The van der Waals surface area contributed by atoms with Crippen LogP contribution in [0.4, 0.5) is 4.39 Å². The van der Waals surface area contributed by atoms with Gasteiger partial charge in [0.05, 0.1) is 0 Å². The Balaban J connectivity index is 2.29. The predicted octanol–water partition coefficient (Wildman–Crippen LogP) is 3.70. The zero-order chi connectivity index (χ0) is 14.5. The summed E-state index contributed by atoms with van der Waals surface area (Å²) in [5.41, 5.74) is 0.928. The highest BCUT2D eigenvalue weighted by molar-refractivity contribution is 9.10. The third-order valence-corrected chi connectivity index (χ3v) is 4.04. The molecule has 0 spiro atoms. The minimum Gasteiger partial charge on any atom is -0.335 e. The largest absolute Gasteiger partial charge is 0.335 e. The molecule has 1 unspecified atom stereocenters. The van der Waals surface area contributed by atoms with E-state index in [-0.39, 0.29) is 11.9 Å². The number of hydrogen-bond acceptors (Lipinski definition) is 2. The molecule has 3 nitrogen and oxygen atoms in total. The Morgan fingerprint density at radius 1 is 1.40 bits per heavy atom. The topological polar surface area (TPSA) is 29.9 Å². The molecule has 1 aromatic heterocycles. The van der Waals surface area contributed by atoms with Gasteiger partial charge in [0.2, 0.25) is 0 Å². The highest BCUT2D eigenvalue weighted by Crippen LogP contribution is 2.26. The summed E-state index contributed by atoms with van der Waals surface area (Å²) in [5, 5.41) is 3.41. The number of rotatable bonds is 6. The van der Waals surface area contributed by atoms with Crippen LogP contribution in [0.5, 0.6) is 0 Å². The maximum absolute atomic E-state index is 13.5. The van der Waals surface area contributed by atoms with Crippen LogP contribution >= 0.6 is 15.9 Å². The van der Waals surface area contributed by atoms with E-state index in [2.05, 4.69) is 37.7 Å². The van der Waals surface area contributed by atoms with Crippen molar-refractivity contribution in [2.75, 3.05) is 6.54 Å². The summed E-state index contributed by atoms with van der Waals surface area (Å²) in [6.07, 6.45) is 4.51. The molecule has 108 valence electrons. The lowest BCUT2D eigenvalue weighted by atomic mass is 10.0. The second kappa shape index (κ2) is 6.99. The summed E-state index contributed by atoms with van der Waals surface area (Å²) in [6.45, 7) is 5.84. The van der Waals surface area contributed by atoms with Gasteiger partial charge in [-0.15, -0.1) is 0 Å². The van der Waals surface area contributed by atoms with Crippen molar-refractivity contribution in [2.45, 2.75) is 32.9 Å². The Kier molecular flexibility index (Phi) is 5.31. The molecular weight excluding hydrogens is 321 g/mol. The third-order valence-electron chi connectivity index (χ3n) is 3.31. The van der Waals surface area contributed by atoms with Crippen molar-refractivity contribution >= 4 is 15.9 Å². The summed E-state index contributed by atoms with van der Waals surface area (Å²) in [4.78, 5) is 4.40. The highest BCUT2D eigenvalue weighted by atomic mass is 79.9. The third kappa shape index (κ3) is 3.46. The lowest BCUT2D eigenvalue weighted by Crippen LogP contribution is -2.24. The molecule has 1 heterocycles. The van der Waals surface area contributed by atoms with Gasteiger partial charge in [-0.1, -0.05) is 22.9 Å². The Labute approximate surface area is 127 Å². The van der Waals surface area contributed by atoms with Gasteiger partial charge in [-0.2, -0.15) is 0 Å². The van der Waals surface area contributed by atoms with Gasteiger partial charge in [-0.05, 0) is 37.2 Å². The molecule has 5 heteroatoms. The first-order valence-electron chi connectivity index (χ1n) is 6.84. The quantitative estimate of drug-likeness (QED) is 0.869. The summed E-state index contributed by atoms with van der Waals surface area (Å²) in [6, 6.07) is 4.83. The van der Waals surface area contributed by atoms with Crippen LogP contribution in [-0.4, -0.2) is 16.1 Å². The molecule has 0 aliphatic carbocycles. The molecule has 1 N–H and O–H groups in total. The van der Waals surface area contributed by atoms with Crippen molar-refractivity contribution in [3.8, 4) is 0 Å². The summed E-state index contributed by atoms with van der Waals surface area (Å²) in [7, 11) is 0. The standard InChI is InChI=1S/C15H19BrFN3/c1-3-18-14(10-15-19-7-8-20(15)4-2)12-9-11(17)5-6-13(12)16/h5-9,14,18H,3-4,10H2,1-2H3. The molecule has 0 amide bonds. The lowest BCUT2D eigenvalue weighted by Gasteiger charge is -2.20. The average Bonchev–Trinajstić information content (AvgIpc) is 2.88. The summed E-state index contributed by atoms with van der Waals surface area (Å²) >= 11 is 3.51. The number of nitrogens with zero attached hydrogens (tertiary/aromatic N) is 2. The first-order valence-corrected chi connectivity index (χ1v) is 7.63. The molecule has 0 fully saturated rings. The second-order valence-electron chi connectivity index (χ2n) is 4.61. The lowest BCUT2D eigenvalue weighted by molar-refractivity contribution is 0.516. The van der Waals surface area contributed by atoms with Crippen LogP contribution in [0.2, 0.25) is 0 Å². The number of benzene rings is 1. The number of imidazole rings is 1. The fourth-order valence-corrected chi connectivity index (χ4v) is 2.84. The molecule has 1 atom stereocenters. The maximum atomic E-state index is 13.5. The first kappa shape index (κ1) is 15.2. The van der Waals surface area contributed by atoms with Crippen LogP contribution in [-0.2, 0) is 13.0 Å². The van der Waals surface area contributed by atoms with Gasteiger partial charge in [0.25, 0.3) is 0 Å². The molecule has 0 saturated heterocycles. The van der Waals surface area contributed by atoms with Crippen LogP contribution in [0.3, 0.4) is 0 Å². The van der Waals surface area contributed by atoms with Crippen molar-refractivity contribution in [2.24, 2.45) is 0 Å². The fourth-order valence-electron chi connectivity index (χ4n) is 2.32. The molecular formula is C15H19BrFN3. The van der Waals surface area contributed by atoms with Gasteiger partial charge in [0, 0.05) is 35.9 Å². The Morgan fingerprint density at radius 2 is 2.20 bits per heavy atom. The molecule has 0 aliphatic heterocycles. The zero-order valence-electron chi connectivity index (χ0n) is 11.7. The van der Waals surface area contributed by atoms with Crippen molar-refractivity contribution < 1.29 is 4.39 Å². The van der Waals surface area contributed by atoms with E-state index in [4.69, 9.17) is 0 Å². The van der Waals surface area contributed by atoms with Crippen molar-refractivity contribution in [3.63, 3.8) is 0 Å². The number of aromatic nitrogens is 2. The average molecular weight is 340 g/mol. The van der Waals surface area contributed by atoms with E-state index in [1.807, 2.05) is 19.3 Å². The predicted molar refractivity (Wildman–Crippen MR) is 82.1 cm³/mol. The monoisotopic (exact) mass is 339 g/mol. The van der Waals surface area contributed by atoms with Gasteiger partial charge >= 0.3 is 0 Å². The molecule has 0 radical (unpaired) electrons. The number of aryl methyl sites for hydroxylation is 1. The van der Waals surface area contributed by atoms with Crippen LogP contribution in [0.15, 0.2) is 35.1 Å². The van der Waals surface area contributed by atoms with E-state index < -0.39 is 0 Å². The van der Waals surface area contributed by atoms with E-state index in [9.17, 15) is 4.39 Å². The number of likely N-dealkylation sites (N-methyl/N-ethyl adjacent to an activating group) is 1. The number of hydrogen-bond donors (Lipinski definition) is 1. The molecule has 1 aromatic carbocycles. The van der Waals surface area contributed by atoms with Crippen LogP contribution in [0.25, 0.3) is 0 Å². The summed E-state index contributed by atoms with van der Waals surface area (Å²) in [5.74, 6) is 0.791. The van der Waals surface area contributed by atoms with E-state index >= 15 is 0 Å². The fraction of sp³-hybridized carbons (Fsp3) is 0.400. The van der Waals surface area contributed by atoms with Gasteiger partial charge in [-0.25, -0.2) is 9.37 Å². The minimum atomic E-state index is -0.218. The molecule has 20 heavy (non-hydrogen) atoms. The van der Waals surface area contributed by atoms with E-state index in [0.29, 0.717) is 0 Å². The second-order valence-corrected chi connectivity index (χ2v) is 5.46. The summed E-state index contributed by atoms with van der Waals surface area (Å²) < 4.78 is 16.5. The van der Waals surface area contributed by atoms with Gasteiger partial charge in [-0.3, -0.25) is 0 Å². The maximum Gasteiger partial charge on any atom is 0.123 e. The van der Waals surface area contributed by atoms with Gasteiger partial charge in [0.1, 0.15) is 11.6 Å². The van der Waals surface area contributed by atoms with E-state index in [1.54, 1.807) is 12.1 Å². The smallest absolute Gasteiger partial charge is 0.123 e. The van der Waals surface area contributed by atoms with Crippen molar-refractivity contribution in [1.82, 2.24) is 14.9 Å². The number of halogens is 2. The molecule has 0 saturated carbocycles. The minimum absolute atomic E-state index is 0.0396.